The Morgan fingerprint density at radius 1 is 0.726 bits per heavy atom. The van der Waals surface area contributed by atoms with Gasteiger partial charge < -0.3 is 35.3 Å². The third-order valence-electron chi connectivity index (χ3n) is 10.2. The van der Waals surface area contributed by atoms with Crippen molar-refractivity contribution in [2.45, 2.75) is 76.7 Å². The Kier molecular flexibility index (Phi) is 17.2. The molecule has 0 saturated carbocycles. The fraction of sp³-hybridized carbons (Fsp3) is 0.306. The highest BCUT2D eigenvalue weighted by molar-refractivity contribution is 5.92. The molecule has 0 saturated heterocycles. The van der Waals surface area contributed by atoms with Gasteiger partial charge >= 0.3 is 12.1 Å². The molecule has 0 radical (unpaired) electrons. The minimum absolute atomic E-state index is 0.00350. The van der Waals surface area contributed by atoms with E-state index < -0.39 is 47.5 Å². The summed E-state index contributed by atoms with van der Waals surface area (Å²) in [4.78, 5) is 72.4. The number of aryl methyl sites for hydroxylation is 1. The first-order valence-electron chi connectivity index (χ1n) is 20.8. The number of aromatic nitrogens is 2. The van der Waals surface area contributed by atoms with Gasteiger partial charge in [-0.15, -0.1) is 0 Å². The van der Waals surface area contributed by atoms with Crippen LogP contribution in [0.2, 0.25) is 0 Å². The fourth-order valence-corrected chi connectivity index (χ4v) is 7.09. The first-order valence-corrected chi connectivity index (χ1v) is 20.8. The van der Waals surface area contributed by atoms with Crippen molar-refractivity contribution in [3.05, 3.63) is 174 Å². The van der Waals surface area contributed by atoms with E-state index in [1.807, 2.05) is 135 Å². The predicted molar refractivity (Wildman–Crippen MR) is 236 cm³/mol. The van der Waals surface area contributed by atoms with Gasteiger partial charge in [-0.05, 0) is 47.9 Å². The molecule has 0 bridgehead atoms. The average molecular weight is 841 g/mol. The number of carbonyl (C=O) groups excluding carboxylic acids is 5. The number of carbonyl (C=O) groups is 5. The molecule has 62 heavy (non-hydrogen) atoms. The summed E-state index contributed by atoms with van der Waals surface area (Å²) in [5, 5.41) is 11.8. The largest absolute Gasteiger partial charge is 0.463 e. The highest BCUT2D eigenvalue weighted by atomic mass is 16.5. The quantitative estimate of drug-likeness (QED) is 0.0380. The lowest BCUT2D eigenvalue weighted by molar-refractivity contribution is -0.137. The molecule has 0 spiro atoms. The van der Waals surface area contributed by atoms with E-state index in [1.165, 1.54) is 12.2 Å². The minimum Gasteiger partial charge on any atom is -0.463 e. The lowest BCUT2D eigenvalue weighted by Crippen LogP contribution is -2.56. The van der Waals surface area contributed by atoms with Crippen molar-refractivity contribution < 1.29 is 33.4 Å². The molecule has 0 aliphatic carbocycles. The maximum Gasteiger partial charge on any atom is 0.408 e. The van der Waals surface area contributed by atoms with Crippen molar-refractivity contribution >= 4 is 29.8 Å². The number of esters is 1. The zero-order chi connectivity index (χ0) is 44.3. The summed E-state index contributed by atoms with van der Waals surface area (Å²) in [5.41, 5.74) is 2.26. The van der Waals surface area contributed by atoms with Crippen LogP contribution in [0.5, 0.6) is 0 Å². The molecule has 3 atom stereocenters. The van der Waals surface area contributed by atoms with Crippen LogP contribution in [-0.4, -0.2) is 64.1 Å². The number of alkyl carbamates (subject to hydrolysis) is 1. The molecule has 4 N–H and O–H groups in total. The Balaban J connectivity index is 1.38. The Bertz CT molecular complexity index is 2130. The van der Waals surface area contributed by atoms with Gasteiger partial charge in [-0.3, -0.25) is 14.4 Å². The summed E-state index contributed by atoms with van der Waals surface area (Å²) in [6.07, 6.45) is 5.50. The smallest absolute Gasteiger partial charge is 0.408 e. The predicted octanol–water partition coefficient (Wildman–Crippen LogP) is 6.28. The third kappa shape index (κ3) is 13.2. The molecule has 0 unspecified atom stereocenters. The van der Waals surface area contributed by atoms with Crippen molar-refractivity contribution in [1.29, 1.82) is 0 Å². The third-order valence-corrected chi connectivity index (χ3v) is 10.2. The van der Waals surface area contributed by atoms with Crippen LogP contribution in [0.3, 0.4) is 0 Å². The molecule has 324 valence electrons. The van der Waals surface area contributed by atoms with E-state index in [-0.39, 0.29) is 50.7 Å². The molecule has 0 aliphatic rings. The Hall–Kier alpha value is -7.02. The monoisotopic (exact) mass is 840 g/mol. The van der Waals surface area contributed by atoms with Crippen LogP contribution in [0, 0.1) is 5.92 Å². The Labute approximate surface area is 363 Å². The number of benzene rings is 4. The lowest BCUT2D eigenvalue weighted by Gasteiger charge is -2.37. The van der Waals surface area contributed by atoms with Gasteiger partial charge in [0.15, 0.2) is 0 Å². The van der Waals surface area contributed by atoms with Crippen LogP contribution in [0.15, 0.2) is 146 Å². The van der Waals surface area contributed by atoms with Crippen molar-refractivity contribution in [2.24, 2.45) is 13.0 Å². The first kappa shape index (κ1) is 46.1. The van der Waals surface area contributed by atoms with Gasteiger partial charge in [0.25, 0.3) is 0 Å². The van der Waals surface area contributed by atoms with Crippen LogP contribution in [0.4, 0.5) is 4.79 Å². The summed E-state index contributed by atoms with van der Waals surface area (Å²) in [5.74, 6) is -1.62. The number of ether oxygens (including phenoxy) is 2. The number of rotatable bonds is 21. The molecular weight excluding hydrogens is 785 g/mol. The SMILES string of the molecule is CCOC(=O)/C=C/[C@H](CCC(=O)NC(c1ccccc1)(c1ccccc1)c1ccccc1)NC(=O)[C@H](Cc1nccn1C)NC(=O)[C@H](CC(C)C)NC(=O)OCc1ccccc1. The molecule has 13 nitrogen and oxygen atoms in total. The summed E-state index contributed by atoms with van der Waals surface area (Å²) in [7, 11) is 1.77. The molecule has 1 heterocycles. The molecular formula is C49H56N6O7. The second-order valence-electron chi connectivity index (χ2n) is 15.3. The normalized spacial score (nSPS) is 12.8. The van der Waals surface area contributed by atoms with Crippen molar-refractivity contribution in [2.75, 3.05) is 6.61 Å². The Morgan fingerprint density at radius 2 is 1.27 bits per heavy atom. The first-order chi connectivity index (χ1) is 30.0. The maximum atomic E-state index is 14.3. The van der Waals surface area contributed by atoms with Gasteiger partial charge in [0.05, 0.1) is 6.61 Å². The molecule has 5 aromatic rings. The van der Waals surface area contributed by atoms with Crippen molar-refractivity contribution in [1.82, 2.24) is 30.8 Å². The maximum absolute atomic E-state index is 14.3. The van der Waals surface area contributed by atoms with Crippen LogP contribution in [-0.2, 0) is 54.3 Å². The number of hydrogen-bond acceptors (Lipinski definition) is 8. The van der Waals surface area contributed by atoms with E-state index in [0.717, 1.165) is 22.3 Å². The topological polar surface area (TPSA) is 170 Å². The number of imidazole rings is 1. The highest BCUT2D eigenvalue weighted by Crippen LogP contribution is 2.37. The molecule has 0 fully saturated rings. The van der Waals surface area contributed by atoms with E-state index in [4.69, 9.17) is 9.47 Å². The van der Waals surface area contributed by atoms with E-state index >= 15 is 0 Å². The molecule has 0 aliphatic heterocycles. The van der Waals surface area contributed by atoms with Gasteiger partial charge in [-0.25, -0.2) is 14.6 Å². The summed E-state index contributed by atoms with van der Waals surface area (Å²) < 4.78 is 12.3. The van der Waals surface area contributed by atoms with Crippen LogP contribution in [0.1, 0.15) is 68.1 Å². The van der Waals surface area contributed by atoms with E-state index in [9.17, 15) is 24.0 Å². The van der Waals surface area contributed by atoms with Crippen molar-refractivity contribution in [3.63, 3.8) is 0 Å². The second-order valence-corrected chi connectivity index (χ2v) is 15.3. The van der Waals surface area contributed by atoms with Crippen LogP contribution < -0.4 is 21.3 Å². The lowest BCUT2D eigenvalue weighted by atomic mass is 9.77. The highest BCUT2D eigenvalue weighted by Gasteiger charge is 2.38. The van der Waals surface area contributed by atoms with Gasteiger partial charge in [-0.2, -0.15) is 0 Å². The molecule has 4 aromatic carbocycles. The Morgan fingerprint density at radius 3 is 1.79 bits per heavy atom. The number of hydrogen-bond donors (Lipinski definition) is 4. The van der Waals surface area contributed by atoms with Gasteiger partial charge in [0.2, 0.25) is 17.7 Å². The molecule has 1 aromatic heterocycles. The number of nitrogens with one attached hydrogen (secondary N) is 4. The molecule has 4 amide bonds. The fourth-order valence-electron chi connectivity index (χ4n) is 7.09. The second kappa shape index (κ2) is 23.1. The van der Waals surface area contributed by atoms with Crippen LogP contribution >= 0.6 is 0 Å². The average Bonchev–Trinajstić information content (AvgIpc) is 3.69. The van der Waals surface area contributed by atoms with Gasteiger partial charge in [0, 0.05) is 44.4 Å². The zero-order valence-corrected chi connectivity index (χ0v) is 35.7. The van der Waals surface area contributed by atoms with Gasteiger partial charge in [-0.1, -0.05) is 141 Å². The molecule has 13 heteroatoms. The summed E-state index contributed by atoms with van der Waals surface area (Å²) in [6.45, 7) is 5.66. The summed E-state index contributed by atoms with van der Waals surface area (Å²) >= 11 is 0. The molecule has 5 rings (SSSR count). The van der Waals surface area contributed by atoms with E-state index in [1.54, 1.807) is 30.9 Å². The van der Waals surface area contributed by atoms with Gasteiger partial charge in [0.1, 0.15) is 30.1 Å². The van der Waals surface area contributed by atoms with E-state index in [2.05, 4.69) is 26.3 Å². The summed E-state index contributed by atoms with van der Waals surface area (Å²) in [6, 6.07) is 35.2. The van der Waals surface area contributed by atoms with Crippen molar-refractivity contribution in [3.8, 4) is 0 Å². The van der Waals surface area contributed by atoms with E-state index in [0.29, 0.717) is 5.82 Å². The zero-order valence-electron chi connectivity index (χ0n) is 35.7. The number of amides is 4. The van der Waals surface area contributed by atoms with Crippen LogP contribution in [0.25, 0.3) is 0 Å². The number of nitrogens with zero attached hydrogens (tertiary/aromatic N) is 2. The minimum atomic E-state index is -1.17. The standard InChI is InChI=1S/C49H56N6O7/c1-5-61-45(57)29-27-40(26-28-44(56)54-49(37-20-12-7-13-21-37,38-22-14-8-15-23-38)39-24-16-9-17-25-39)51-46(58)42(33-43-50-30-31-55(43)4)52-47(59)41(32-35(2)3)53-48(60)62-34-36-18-10-6-11-19-36/h6-25,27,29-31,35,40-42H,5,26,28,32-34H2,1-4H3,(H,51,58)(H,52,59)(H,53,60)(H,54,56)/b29-27+/t40-,41-,42-/m0/s1.